The van der Waals surface area contributed by atoms with E-state index in [0.29, 0.717) is 18.1 Å². The number of hydrogen-bond acceptors (Lipinski definition) is 6. The van der Waals surface area contributed by atoms with Crippen molar-refractivity contribution in [2.45, 2.75) is 24.9 Å². The highest BCUT2D eigenvalue weighted by molar-refractivity contribution is 7.98. The normalized spacial score (nSPS) is 10.1. The van der Waals surface area contributed by atoms with Gasteiger partial charge in [0.15, 0.2) is 5.16 Å². The van der Waals surface area contributed by atoms with Crippen molar-refractivity contribution in [1.29, 1.82) is 0 Å². The fourth-order valence-electron chi connectivity index (χ4n) is 1.38. The highest BCUT2D eigenvalue weighted by atomic mass is 32.2. The molecule has 0 atom stereocenters. The summed E-state index contributed by atoms with van der Waals surface area (Å²) in [6, 6.07) is 1.86. The van der Waals surface area contributed by atoms with E-state index < -0.39 is 0 Å². The van der Waals surface area contributed by atoms with Gasteiger partial charge < -0.3 is 16.0 Å². The predicted octanol–water partition coefficient (Wildman–Crippen LogP) is 1.57. The van der Waals surface area contributed by atoms with Gasteiger partial charge in [-0.15, -0.1) is 0 Å². The van der Waals surface area contributed by atoms with Gasteiger partial charge in [-0.3, -0.25) is 4.79 Å². The molecule has 0 spiro atoms. The van der Waals surface area contributed by atoms with Crippen LogP contribution in [-0.4, -0.2) is 42.3 Å². The second-order valence-corrected chi connectivity index (χ2v) is 4.68. The molecule has 7 heteroatoms. The summed E-state index contributed by atoms with van der Waals surface area (Å²) >= 11 is 1.49. The minimum atomic E-state index is 0.0102. The molecule has 1 aromatic rings. The maximum Gasteiger partial charge on any atom is 0.221 e. The summed E-state index contributed by atoms with van der Waals surface area (Å²) < 4.78 is 0. The number of rotatable bonds is 8. The summed E-state index contributed by atoms with van der Waals surface area (Å²) in [5, 5.41) is 9.67. The summed E-state index contributed by atoms with van der Waals surface area (Å²) in [6.07, 6.45) is 3.40. The van der Waals surface area contributed by atoms with E-state index in [1.54, 1.807) is 7.05 Å². The molecule has 0 saturated heterocycles. The van der Waals surface area contributed by atoms with Crippen LogP contribution in [0, 0.1) is 0 Å². The molecule has 0 fully saturated rings. The number of nitrogens with zero attached hydrogens (tertiary/aromatic N) is 2. The third-order valence-electron chi connectivity index (χ3n) is 2.38. The molecule has 0 unspecified atom stereocenters. The van der Waals surface area contributed by atoms with Crippen LogP contribution >= 0.6 is 11.8 Å². The molecule has 1 rings (SSSR count). The number of amides is 1. The van der Waals surface area contributed by atoms with E-state index in [2.05, 4.69) is 32.8 Å². The van der Waals surface area contributed by atoms with Crippen LogP contribution in [0.5, 0.6) is 0 Å². The Hall–Kier alpha value is -1.50. The molecule has 0 aromatic carbocycles. The minimum Gasteiger partial charge on any atom is -0.370 e. The van der Waals surface area contributed by atoms with Gasteiger partial charge in [-0.25, -0.2) is 9.97 Å². The number of nitrogens with one attached hydrogen (secondary N) is 3. The van der Waals surface area contributed by atoms with Crippen molar-refractivity contribution in [3.63, 3.8) is 0 Å². The molecule has 1 amide bonds. The number of aromatic nitrogens is 2. The summed E-state index contributed by atoms with van der Waals surface area (Å²) in [5.41, 5.74) is 0. The average Bonchev–Trinajstić information content (AvgIpc) is 2.44. The van der Waals surface area contributed by atoms with E-state index in [4.69, 9.17) is 0 Å². The predicted molar refractivity (Wildman–Crippen MR) is 79.8 cm³/mol. The summed E-state index contributed by atoms with van der Waals surface area (Å²) in [7, 11) is 1.63. The Morgan fingerprint density at radius 1 is 1.26 bits per heavy atom. The maximum absolute atomic E-state index is 11.1. The van der Waals surface area contributed by atoms with Crippen LogP contribution in [0.1, 0.15) is 19.8 Å². The first-order valence-corrected chi connectivity index (χ1v) is 7.53. The Morgan fingerprint density at radius 3 is 2.42 bits per heavy atom. The van der Waals surface area contributed by atoms with Crippen LogP contribution in [0.25, 0.3) is 0 Å². The molecule has 0 bridgehead atoms. The van der Waals surface area contributed by atoms with Crippen molar-refractivity contribution >= 4 is 29.3 Å². The molecule has 1 heterocycles. The molecule has 106 valence electrons. The topological polar surface area (TPSA) is 78.9 Å². The molecule has 0 aliphatic carbocycles. The molecule has 6 nitrogen and oxygen atoms in total. The monoisotopic (exact) mass is 283 g/mol. The molecule has 3 N–H and O–H groups in total. The van der Waals surface area contributed by atoms with Gasteiger partial charge in [0.2, 0.25) is 5.91 Å². The Labute approximate surface area is 118 Å². The van der Waals surface area contributed by atoms with Gasteiger partial charge in [-0.2, -0.15) is 0 Å². The lowest BCUT2D eigenvalue weighted by Crippen LogP contribution is -2.21. The summed E-state index contributed by atoms with van der Waals surface area (Å²) in [4.78, 5) is 19.9. The number of carbonyl (C=O) groups excluding carboxylic acids is 1. The fraction of sp³-hybridized carbons (Fsp3) is 0.583. The number of anilines is 2. The van der Waals surface area contributed by atoms with E-state index in [1.165, 1.54) is 11.8 Å². The van der Waals surface area contributed by atoms with Gasteiger partial charge in [0.05, 0.1) is 0 Å². The zero-order chi connectivity index (χ0) is 14.1. The first-order valence-electron chi connectivity index (χ1n) is 6.31. The van der Waals surface area contributed by atoms with E-state index in [9.17, 15) is 4.79 Å². The minimum absolute atomic E-state index is 0.0102. The second-order valence-electron chi connectivity index (χ2n) is 3.90. The van der Waals surface area contributed by atoms with Gasteiger partial charge in [0.1, 0.15) is 11.6 Å². The number of carbonyl (C=O) groups is 1. The SMILES string of the molecule is CCCNc1cc(NCCC(=O)NC)nc(SC)n1. The zero-order valence-electron chi connectivity index (χ0n) is 11.6. The molecule has 0 saturated carbocycles. The van der Waals surface area contributed by atoms with Crippen molar-refractivity contribution in [3.8, 4) is 0 Å². The summed E-state index contributed by atoms with van der Waals surface area (Å²) in [5.74, 6) is 1.56. The van der Waals surface area contributed by atoms with Crippen LogP contribution in [0.15, 0.2) is 11.2 Å². The third kappa shape index (κ3) is 5.78. The molecule has 0 aliphatic rings. The Kier molecular flexibility index (Phi) is 7.02. The summed E-state index contributed by atoms with van der Waals surface area (Å²) in [6.45, 7) is 3.53. The first kappa shape index (κ1) is 15.6. The zero-order valence-corrected chi connectivity index (χ0v) is 12.4. The van der Waals surface area contributed by atoms with Crippen LogP contribution < -0.4 is 16.0 Å². The number of thioether (sulfide) groups is 1. The van der Waals surface area contributed by atoms with Crippen molar-refractivity contribution in [1.82, 2.24) is 15.3 Å². The van der Waals surface area contributed by atoms with Crippen molar-refractivity contribution in [2.24, 2.45) is 0 Å². The molecular weight excluding hydrogens is 262 g/mol. The molecule has 0 aliphatic heterocycles. The molecule has 0 radical (unpaired) electrons. The quantitative estimate of drug-likeness (QED) is 0.496. The lowest BCUT2D eigenvalue weighted by Gasteiger charge is -2.09. The fourth-order valence-corrected chi connectivity index (χ4v) is 1.76. The lowest BCUT2D eigenvalue weighted by molar-refractivity contribution is -0.120. The lowest BCUT2D eigenvalue weighted by atomic mass is 10.4. The maximum atomic E-state index is 11.1. The highest BCUT2D eigenvalue weighted by Crippen LogP contribution is 2.17. The van der Waals surface area contributed by atoms with Crippen molar-refractivity contribution in [2.75, 3.05) is 37.0 Å². The standard InChI is InChI=1S/C12H21N5OS/c1-4-6-14-9-8-10(17-12(16-9)19-3)15-7-5-11(18)13-2/h8H,4-7H2,1-3H3,(H,13,18)(H2,14,15,16,17). The van der Waals surface area contributed by atoms with E-state index in [0.717, 1.165) is 24.6 Å². The van der Waals surface area contributed by atoms with Crippen LogP contribution in [0.4, 0.5) is 11.6 Å². The Bertz CT molecular complexity index is 413. The van der Waals surface area contributed by atoms with Crippen LogP contribution in [0.2, 0.25) is 0 Å². The van der Waals surface area contributed by atoms with Gasteiger partial charge in [0.25, 0.3) is 0 Å². The van der Waals surface area contributed by atoms with Crippen molar-refractivity contribution in [3.05, 3.63) is 6.07 Å². The largest absolute Gasteiger partial charge is 0.370 e. The Balaban J connectivity index is 2.62. The molecule has 1 aromatic heterocycles. The van der Waals surface area contributed by atoms with Crippen LogP contribution in [-0.2, 0) is 4.79 Å². The smallest absolute Gasteiger partial charge is 0.221 e. The van der Waals surface area contributed by atoms with Gasteiger partial charge in [0, 0.05) is 32.6 Å². The average molecular weight is 283 g/mol. The molecule has 19 heavy (non-hydrogen) atoms. The highest BCUT2D eigenvalue weighted by Gasteiger charge is 2.04. The second kappa shape index (κ2) is 8.58. The Morgan fingerprint density at radius 2 is 1.89 bits per heavy atom. The van der Waals surface area contributed by atoms with Crippen molar-refractivity contribution < 1.29 is 4.79 Å². The van der Waals surface area contributed by atoms with Crippen LogP contribution in [0.3, 0.4) is 0 Å². The van der Waals surface area contributed by atoms with Gasteiger partial charge in [-0.05, 0) is 12.7 Å². The first-order chi connectivity index (χ1) is 9.19. The van der Waals surface area contributed by atoms with E-state index in [1.807, 2.05) is 12.3 Å². The van der Waals surface area contributed by atoms with Gasteiger partial charge in [-0.1, -0.05) is 18.7 Å². The third-order valence-corrected chi connectivity index (χ3v) is 2.93. The van der Waals surface area contributed by atoms with E-state index >= 15 is 0 Å². The van der Waals surface area contributed by atoms with E-state index in [-0.39, 0.29) is 5.91 Å². The number of hydrogen-bond donors (Lipinski definition) is 3. The van der Waals surface area contributed by atoms with Gasteiger partial charge >= 0.3 is 0 Å². The molecular formula is C12H21N5OS.